The minimum absolute atomic E-state index is 0. The van der Waals surface area contributed by atoms with E-state index in [0.717, 1.165) is 24.9 Å². The van der Waals surface area contributed by atoms with E-state index in [1.807, 2.05) is 12.2 Å². The fraction of sp³-hybridized carbons (Fsp3) is 0.529. The van der Waals surface area contributed by atoms with E-state index in [0.29, 0.717) is 5.69 Å². The van der Waals surface area contributed by atoms with Gasteiger partial charge < -0.3 is 16.0 Å². The standard InChI is InChI=1S/C17H22F3N3O2.ClH/c1-10-3-4-12(15(24)22-9-17(18,19)20)8-14(10)23-16(25)13-5-6-21-11(2)7-13;/h3-4,8,11,13,21H,5-7,9H2,1-2H3,(H,22,24)(H,23,25);1H/t11-,13-;/m0./s1. The Morgan fingerprint density at radius 1 is 1.31 bits per heavy atom. The number of carbonyl (C=O) groups excluding carboxylic acids is 2. The van der Waals surface area contributed by atoms with Crippen molar-refractivity contribution in [2.45, 2.75) is 38.9 Å². The molecular formula is C17H23ClF3N3O2. The van der Waals surface area contributed by atoms with E-state index in [-0.39, 0.29) is 35.8 Å². The minimum atomic E-state index is -4.47. The van der Waals surface area contributed by atoms with Gasteiger partial charge in [-0.1, -0.05) is 6.07 Å². The second-order valence-electron chi connectivity index (χ2n) is 6.39. The highest BCUT2D eigenvalue weighted by molar-refractivity contribution is 5.98. The molecule has 9 heteroatoms. The molecule has 2 rings (SSSR count). The molecule has 1 fully saturated rings. The van der Waals surface area contributed by atoms with E-state index in [4.69, 9.17) is 0 Å². The predicted octanol–water partition coefficient (Wildman–Crippen LogP) is 3.04. The Hall–Kier alpha value is -1.80. The van der Waals surface area contributed by atoms with Gasteiger partial charge >= 0.3 is 6.18 Å². The lowest BCUT2D eigenvalue weighted by Gasteiger charge is -2.27. The van der Waals surface area contributed by atoms with Crippen LogP contribution in [-0.2, 0) is 4.79 Å². The molecule has 0 radical (unpaired) electrons. The number of hydrogen-bond acceptors (Lipinski definition) is 3. The van der Waals surface area contributed by atoms with Crippen molar-refractivity contribution in [3.05, 3.63) is 29.3 Å². The predicted molar refractivity (Wildman–Crippen MR) is 95.6 cm³/mol. The summed E-state index contributed by atoms with van der Waals surface area (Å²) in [5.41, 5.74) is 1.25. The zero-order valence-electron chi connectivity index (χ0n) is 14.6. The van der Waals surface area contributed by atoms with E-state index in [1.165, 1.54) is 12.1 Å². The zero-order chi connectivity index (χ0) is 18.6. The number of amides is 2. The Bertz CT molecular complexity index is 653. The summed E-state index contributed by atoms with van der Waals surface area (Å²) in [5.74, 6) is -1.09. The van der Waals surface area contributed by atoms with Crippen LogP contribution in [0.2, 0.25) is 0 Å². The summed E-state index contributed by atoms with van der Waals surface area (Å²) in [6.45, 7) is 3.14. The van der Waals surface area contributed by atoms with Crippen LogP contribution >= 0.6 is 12.4 Å². The Morgan fingerprint density at radius 3 is 2.62 bits per heavy atom. The zero-order valence-corrected chi connectivity index (χ0v) is 15.4. The molecule has 2 atom stereocenters. The van der Waals surface area contributed by atoms with Crippen molar-refractivity contribution >= 4 is 29.9 Å². The number of alkyl halides is 3. The van der Waals surface area contributed by atoms with Crippen LogP contribution in [0.1, 0.15) is 35.7 Å². The number of piperidine rings is 1. The third kappa shape index (κ3) is 6.49. The van der Waals surface area contributed by atoms with Gasteiger partial charge in [-0.25, -0.2) is 0 Å². The second kappa shape index (κ2) is 9.23. The molecule has 1 aromatic rings. The van der Waals surface area contributed by atoms with Gasteiger partial charge in [-0.3, -0.25) is 9.59 Å². The van der Waals surface area contributed by atoms with Crippen molar-refractivity contribution in [2.75, 3.05) is 18.4 Å². The summed E-state index contributed by atoms with van der Waals surface area (Å²) in [7, 11) is 0. The molecule has 146 valence electrons. The Morgan fingerprint density at radius 2 is 2.00 bits per heavy atom. The first kappa shape index (κ1) is 22.2. The molecule has 26 heavy (non-hydrogen) atoms. The first-order chi connectivity index (χ1) is 11.7. The van der Waals surface area contributed by atoms with Crippen molar-refractivity contribution < 1.29 is 22.8 Å². The molecule has 1 saturated heterocycles. The van der Waals surface area contributed by atoms with E-state index < -0.39 is 18.6 Å². The molecule has 0 unspecified atom stereocenters. The molecule has 1 aliphatic heterocycles. The lowest BCUT2D eigenvalue weighted by atomic mass is 9.92. The first-order valence-electron chi connectivity index (χ1n) is 8.15. The van der Waals surface area contributed by atoms with Gasteiger partial charge in [0.2, 0.25) is 5.91 Å². The Labute approximate surface area is 156 Å². The van der Waals surface area contributed by atoms with E-state index in [9.17, 15) is 22.8 Å². The normalized spacial score (nSPS) is 20.0. The number of carbonyl (C=O) groups is 2. The number of anilines is 1. The topological polar surface area (TPSA) is 70.2 Å². The molecule has 5 nitrogen and oxygen atoms in total. The summed E-state index contributed by atoms with van der Waals surface area (Å²) < 4.78 is 36.6. The molecular weight excluding hydrogens is 371 g/mol. The van der Waals surface area contributed by atoms with Gasteiger partial charge in [0, 0.05) is 23.2 Å². The summed E-state index contributed by atoms with van der Waals surface area (Å²) in [6, 6.07) is 4.70. The minimum Gasteiger partial charge on any atom is -0.343 e. The van der Waals surface area contributed by atoms with Crippen LogP contribution in [0.15, 0.2) is 18.2 Å². The maximum atomic E-state index is 12.4. The molecule has 2 amide bonds. The van der Waals surface area contributed by atoms with Crippen molar-refractivity contribution in [1.82, 2.24) is 10.6 Å². The molecule has 0 aromatic heterocycles. The monoisotopic (exact) mass is 393 g/mol. The number of halogens is 4. The van der Waals surface area contributed by atoms with Gasteiger partial charge in [0.25, 0.3) is 5.91 Å². The van der Waals surface area contributed by atoms with Gasteiger partial charge in [0.1, 0.15) is 6.54 Å². The van der Waals surface area contributed by atoms with Crippen molar-refractivity contribution in [3.8, 4) is 0 Å². The van der Waals surface area contributed by atoms with E-state index in [1.54, 1.807) is 13.0 Å². The van der Waals surface area contributed by atoms with Crippen LogP contribution in [-0.4, -0.2) is 37.1 Å². The number of benzene rings is 1. The summed E-state index contributed by atoms with van der Waals surface area (Å²) in [4.78, 5) is 24.3. The van der Waals surface area contributed by atoms with Crippen LogP contribution in [0.5, 0.6) is 0 Å². The van der Waals surface area contributed by atoms with Gasteiger partial charge in [0.15, 0.2) is 0 Å². The molecule has 0 spiro atoms. The highest BCUT2D eigenvalue weighted by atomic mass is 35.5. The van der Waals surface area contributed by atoms with Crippen LogP contribution in [0.4, 0.5) is 18.9 Å². The van der Waals surface area contributed by atoms with Gasteiger partial charge in [-0.2, -0.15) is 13.2 Å². The van der Waals surface area contributed by atoms with Crippen molar-refractivity contribution in [2.24, 2.45) is 5.92 Å². The Balaban J connectivity index is 0.00000338. The third-order valence-electron chi connectivity index (χ3n) is 4.20. The molecule has 1 aromatic carbocycles. The van der Waals surface area contributed by atoms with Gasteiger partial charge in [0.05, 0.1) is 0 Å². The van der Waals surface area contributed by atoms with Crippen LogP contribution in [0, 0.1) is 12.8 Å². The highest BCUT2D eigenvalue weighted by Gasteiger charge is 2.28. The fourth-order valence-corrected chi connectivity index (χ4v) is 2.79. The highest BCUT2D eigenvalue weighted by Crippen LogP contribution is 2.22. The summed E-state index contributed by atoms with van der Waals surface area (Å²) >= 11 is 0. The average molecular weight is 394 g/mol. The molecule has 3 N–H and O–H groups in total. The second-order valence-corrected chi connectivity index (χ2v) is 6.39. The van der Waals surface area contributed by atoms with E-state index in [2.05, 4.69) is 10.6 Å². The largest absolute Gasteiger partial charge is 0.405 e. The van der Waals surface area contributed by atoms with Crippen molar-refractivity contribution in [1.29, 1.82) is 0 Å². The lowest BCUT2D eigenvalue weighted by Crippen LogP contribution is -2.40. The van der Waals surface area contributed by atoms with Gasteiger partial charge in [-0.05, 0) is 50.9 Å². The summed E-state index contributed by atoms with van der Waals surface area (Å²) in [6.07, 6.45) is -3.03. The molecule has 0 bridgehead atoms. The van der Waals surface area contributed by atoms with Crippen LogP contribution in [0.25, 0.3) is 0 Å². The first-order valence-corrected chi connectivity index (χ1v) is 8.15. The summed E-state index contributed by atoms with van der Waals surface area (Å²) in [5, 5.41) is 7.89. The number of hydrogen-bond donors (Lipinski definition) is 3. The maximum absolute atomic E-state index is 12.4. The van der Waals surface area contributed by atoms with E-state index >= 15 is 0 Å². The number of aryl methyl sites for hydroxylation is 1. The fourth-order valence-electron chi connectivity index (χ4n) is 2.79. The molecule has 0 aliphatic carbocycles. The number of rotatable bonds is 4. The van der Waals surface area contributed by atoms with Crippen molar-refractivity contribution in [3.63, 3.8) is 0 Å². The average Bonchev–Trinajstić information content (AvgIpc) is 2.54. The lowest BCUT2D eigenvalue weighted by molar-refractivity contribution is -0.123. The smallest absolute Gasteiger partial charge is 0.343 e. The van der Waals surface area contributed by atoms with Gasteiger partial charge in [-0.15, -0.1) is 12.4 Å². The SMILES string of the molecule is Cc1ccc(C(=O)NCC(F)(F)F)cc1NC(=O)[C@H]1CCN[C@@H](C)C1.Cl. The Kier molecular flexibility index (Phi) is 7.89. The quantitative estimate of drug-likeness (QED) is 0.736. The van der Waals surface area contributed by atoms with Crippen LogP contribution in [0.3, 0.4) is 0 Å². The third-order valence-corrected chi connectivity index (χ3v) is 4.20. The number of nitrogens with one attached hydrogen (secondary N) is 3. The molecule has 0 saturated carbocycles. The molecule has 1 aliphatic rings. The van der Waals surface area contributed by atoms with Crippen LogP contribution < -0.4 is 16.0 Å². The molecule has 1 heterocycles. The maximum Gasteiger partial charge on any atom is 0.405 e.